The molecule has 0 aliphatic heterocycles. The van der Waals surface area contributed by atoms with Crippen LogP contribution in [0.15, 0.2) is 48.5 Å². The zero-order valence-electron chi connectivity index (χ0n) is 12.9. The molecule has 0 saturated heterocycles. The number of aromatic hydroxyl groups is 1. The molecule has 0 aromatic heterocycles. The van der Waals surface area contributed by atoms with Gasteiger partial charge in [0.05, 0.1) is 4.92 Å². The molecule has 5 nitrogen and oxygen atoms in total. The highest BCUT2D eigenvalue weighted by molar-refractivity contribution is 5.83. The van der Waals surface area contributed by atoms with Crippen LogP contribution in [0.5, 0.6) is 5.75 Å². The Labute approximate surface area is 134 Å². The Kier molecular flexibility index (Phi) is 4.67. The van der Waals surface area contributed by atoms with Crippen LogP contribution in [-0.4, -0.2) is 24.1 Å². The first-order chi connectivity index (χ1) is 10.9. The van der Waals surface area contributed by atoms with Gasteiger partial charge in [-0.3, -0.25) is 10.1 Å². The van der Waals surface area contributed by atoms with Crippen molar-refractivity contribution in [1.29, 1.82) is 0 Å². The van der Waals surface area contributed by atoms with Crippen LogP contribution < -0.4 is 4.90 Å². The second kappa shape index (κ2) is 6.67. The predicted molar refractivity (Wildman–Crippen MR) is 91.4 cm³/mol. The van der Waals surface area contributed by atoms with Crippen molar-refractivity contribution in [3.63, 3.8) is 0 Å². The second-order valence-electron chi connectivity index (χ2n) is 5.13. The van der Waals surface area contributed by atoms with Crippen LogP contribution in [0.4, 0.5) is 11.4 Å². The lowest BCUT2D eigenvalue weighted by molar-refractivity contribution is -0.385. The average molecular weight is 308 g/mol. The molecule has 2 aromatic rings. The molecule has 1 N–H and O–H groups in total. The number of anilines is 1. The highest BCUT2D eigenvalue weighted by atomic mass is 16.6. The van der Waals surface area contributed by atoms with Gasteiger partial charge in [-0.05, 0) is 47.0 Å². The standard InChI is InChI=1S/C18H16N2O3/c1-4-5-16(13-6-9-15(10-7-13)19(2)3)14-8-11-17(20(22)23)18(21)12-14/h1,5-12,21H,2-3H3/b16-5+. The minimum absolute atomic E-state index is 0.336. The maximum Gasteiger partial charge on any atom is 0.310 e. The molecule has 0 aliphatic rings. The van der Waals surface area contributed by atoms with Gasteiger partial charge in [0.1, 0.15) is 0 Å². The summed E-state index contributed by atoms with van der Waals surface area (Å²) in [5.41, 5.74) is 2.89. The van der Waals surface area contributed by atoms with E-state index in [1.807, 2.05) is 43.3 Å². The lowest BCUT2D eigenvalue weighted by atomic mass is 9.97. The Morgan fingerprint density at radius 2 is 1.83 bits per heavy atom. The van der Waals surface area contributed by atoms with E-state index in [9.17, 15) is 15.2 Å². The molecule has 0 aliphatic carbocycles. The van der Waals surface area contributed by atoms with E-state index in [1.54, 1.807) is 12.1 Å². The third-order valence-corrected chi connectivity index (χ3v) is 3.41. The number of hydrogen-bond acceptors (Lipinski definition) is 4. The van der Waals surface area contributed by atoms with E-state index in [2.05, 4.69) is 5.92 Å². The molecule has 0 heterocycles. The van der Waals surface area contributed by atoms with E-state index in [0.717, 1.165) is 11.3 Å². The summed E-state index contributed by atoms with van der Waals surface area (Å²) in [6.45, 7) is 0. The fourth-order valence-corrected chi connectivity index (χ4v) is 2.20. The number of hydrogen-bond donors (Lipinski definition) is 1. The molecule has 0 atom stereocenters. The van der Waals surface area contributed by atoms with Crippen molar-refractivity contribution >= 4 is 16.9 Å². The lowest BCUT2D eigenvalue weighted by Gasteiger charge is -2.14. The molecule has 0 fully saturated rings. The number of allylic oxidation sites excluding steroid dienone is 1. The number of rotatable bonds is 4. The quantitative estimate of drug-likeness (QED) is 0.534. The van der Waals surface area contributed by atoms with Crippen molar-refractivity contribution in [3.05, 3.63) is 69.8 Å². The lowest BCUT2D eigenvalue weighted by Crippen LogP contribution is -2.08. The first-order valence-electron chi connectivity index (χ1n) is 6.86. The molecule has 0 unspecified atom stereocenters. The molecule has 0 spiro atoms. The summed E-state index contributed by atoms with van der Waals surface area (Å²) >= 11 is 0. The van der Waals surface area contributed by atoms with Crippen LogP contribution in [0.1, 0.15) is 11.1 Å². The number of nitrogens with zero attached hydrogens (tertiary/aromatic N) is 2. The third-order valence-electron chi connectivity index (χ3n) is 3.41. The largest absolute Gasteiger partial charge is 0.502 e. The highest BCUT2D eigenvalue weighted by Gasteiger charge is 2.15. The highest BCUT2D eigenvalue weighted by Crippen LogP contribution is 2.32. The molecule has 2 aromatic carbocycles. The molecule has 0 bridgehead atoms. The van der Waals surface area contributed by atoms with Gasteiger partial charge in [0.2, 0.25) is 0 Å². The van der Waals surface area contributed by atoms with Crippen LogP contribution in [0.25, 0.3) is 5.57 Å². The predicted octanol–water partition coefficient (Wildman–Crippen LogP) is 3.43. The molecule has 0 radical (unpaired) electrons. The number of nitro groups is 1. The second-order valence-corrected chi connectivity index (χ2v) is 5.13. The average Bonchev–Trinajstić information content (AvgIpc) is 2.52. The Hall–Kier alpha value is -3.26. The van der Waals surface area contributed by atoms with Crippen molar-refractivity contribution in [2.45, 2.75) is 0 Å². The molecule has 0 amide bonds. The Morgan fingerprint density at radius 1 is 1.22 bits per heavy atom. The van der Waals surface area contributed by atoms with E-state index in [-0.39, 0.29) is 11.4 Å². The summed E-state index contributed by atoms with van der Waals surface area (Å²) in [7, 11) is 3.89. The van der Waals surface area contributed by atoms with Crippen molar-refractivity contribution in [1.82, 2.24) is 0 Å². The summed E-state index contributed by atoms with van der Waals surface area (Å²) in [5, 5.41) is 20.6. The first kappa shape index (κ1) is 16.1. The maximum absolute atomic E-state index is 10.8. The Balaban J connectivity index is 2.48. The van der Waals surface area contributed by atoms with Gasteiger partial charge < -0.3 is 10.0 Å². The van der Waals surface area contributed by atoms with Crippen molar-refractivity contribution in [2.75, 3.05) is 19.0 Å². The summed E-state index contributed by atoms with van der Waals surface area (Å²) in [6.07, 6.45) is 6.97. The number of benzene rings is 2. The van der Waals surface area contributed by atoms with Gasteiger partial charge in [-0.25, -0.2) is 0 Å². The number of terminal acetylenes is 1. The first-order valence-corrected chi connectivity index (χ1v) is 6.86. The zero-order valence-corrected chi connectivity index (χ0v) is 12.9. The summed E-state index contributed by atoms with van der Waals surface area (Å²) in [6, 6.07) is 11.9. The molecule has 23 heavy (non-hydrogen) atoms. The van der Waals surface area contributed by atoms with Crippen LogP contribution in [0.3, 0.4) is 0 Å². The molecular formula is C18H16N2O3. The number of phenols is 1. The van der Waals surface area contributed by atoms with Crippen molar-refractivity contribution in [2.24, 2.45) is 0 Å². The monoisotopic (exact) mass is 308 g/mol. The third kappa shape index (κ3) is 3.50. The van der Waals surface area contributed by atoms with E-state index in [1.165, 1.54) is 12.1 Å². The fraction of sp³-hybridized carbons (Fsp3) is 0.111. The zero-order chi connectivity index (χ0) is 17.0. The van der Waals surface area contributed by atoms with Crippen LogP contribution >= 0.6 is 0 Å². The smallest absolute Gasteiger partial charge is 0.310 e. The molecular weight excluding hydrogens is 292 g/mol. The van der Waals surface area contributed by atoms with Gasteiger partial charge >= 0.3 is 5.69 Å². The Bertz CT molecular complexity index is 800. The molecule has 0 saturated carbocycles. The van der Waals surface area contributed by atoms with Gasteiger partial charge in [0.25, 0.3) is 0 Å². The summed E-state index contributed by atoms with van der Waals surface area (Å²) in [4.78, 5) is 12.1. The number of nitro benzene ring substituents is 1. The van der Waals surface area contributed by atoms with E-state index < -0.39 is 4.92 Å². The van der Waals surface area contributed by atoms with Gasteiger partial charge in [0, 0.05) is 25.8 Å². The van der Waals surface area contributed by atoms with Gasteiger partial charge in [-0.15, -0.1) is 6.42 Å². The maximum atomic E-state index is 10.8. The molecule has 5 heteroatoms. The summed E-state index contributed by atoms with van der Waals surface area (Å²) in [5.74, 6) is 2.08. The van der Waals surface area contributed by atoms with Crippen LogP contribution in [0, 0.1) is 22.5 Å². The summed E-state index contributed by atoms with van der Waals surface area (Å²) < 4.78 is 0. The fourth-order valence-electron chi connectivity index (χ4n) is 2.20. The Morgan fingerprint density at radius 3 is 2.30 bits per heavy atom. The van der Waals surface area contributed by atoms with Gasteiger partial charge in [0.15, 0.2) is 5.75 Å². The number of phenolic OH excluding ortho intramolecular Hbond substituents is 1. The van der Waals surface area contributed by atoms with Gasteiger partial charge in [-0.1, -0.05) is 18.1 Å². The SMILES string of the molecule is C#C/C=C(\c1ccc(N(C)C)cc1)c1ccc([N+](=O)[O-])c(O)c1. The topological polar surface area (TPSA) is 66.6 Å². The van der Waals surface area contributed by atoms with Crippen molar-refractivity contribution < 1.29 is 10.0 Å². The van der Waals surface area contributed by atoms with E-state index >= 15 is 0 Å². The molecule has 2 rings (SSSR count). The van der Waals surface area contributed by atoms with Crippen molar-refractivity contribution in [3.8, 4) is 18.1 Å². The van der Waals surface area contributed by atoms with E-state index in [4.69, 9.17) is 6.42 Å². The van der Waals surface area contributed by atoms with Gasteiger partial charge in [-0.2, -0.15) is 0 Å². The minimum Gasteiger partial charge on any atom is -0.502 e. The van der Waals surface area contributed by atoms with Crippen LogP contribution in [-0.2, 0) is 0 Å². The van der Waals surface area contributed by atoms with E-state index in [0.29, 0.717) is 11.1 Å². The van der Waals surface area contributed by atoms with Crippen LogP contribution in [0.2, 0.25) is 0 Å². The molecule has 116 valence electrons. The normalized spacial score (nSPS) is 10.9. The minimum atomic E-state index is -0.629.